The molecule has 3 aromatic rings. The van der Waals surface area contributed by atoms with Crippen LogP contribution < -0.4 is 5.32 Å². The Morgan fingerprint density at radius 1 is 1.08 bits per heavy atom. The number of nitrogens with zero attached hydrogens (tertiary/aromatic N) is 2. The fourth-order valence-corrected chi connectivity index (χ4v) is 2.92. The molecule has 1 aromatic heterocycles. The summed E-state index contributed by atoms with van der Waals surface area (Å²) in [6.07, 6.45) is 5.43. The second-order valence-corrected chi connectivity index (χ2v) is 6.04. The molecule has 25 heavy (non-hydrogen) atoms. The number of aromatic nitrogens is 2. The number of hydrogen-bond donors (Lipinski definition) is 1. The molecule has 0 saturated carbocycles. The van der Waals surface area contributed by atoms with E-state index in [1.807, 2.05) is 84.7 Å². The predicted molar refractivity (Wildman–Crippen MR) is 99.8 cm³/mol. The predicted octanol–water partition coefficient (Wildman–Crippen LogP) is 3.72. The second kappa shape index (κ2) is 8.29. The van der Waals surface area contributed by atoms with Gasteiger partial charge in [0.2, 0.25) is 5.91 Å². The molecular weight excluding hydrogens is 310 g/mol. The molecule has 128 valence electrons. The molecule has 1 N–H and O–H groups in total. The zero-order valence-electron chi connectivity index (χ0n) is 14.4. The molecular formula is C21H23N3O. The third-order valence-corrected chi connectivity index (χ3v) is 4.30. The summed E-state index contributed by atoms with van der Waals surface area (Å²) in [6.45, 7) is 2.66. The van der Waals surface area contributed by atoms with Crippen molar-refractivity contribution in [2.24, 2.45) is 0 Å². The number of hydrogen-bond acceptors (Lipinski definition) is 2. The summed E-state index contributed by atoms with van der Waals surface area (Å²) in [7, 11) is 0. The largest absolute Gasteiger partial charge is 0.355 e. The lowest BCUT2D eigenvalue weighted by atomic mass is 9.95. The maximum atomic E-state index is 12.5. The summed E-state index contributed by atoms with van der Waals surface area (Å²) < 4.78 is 1.86. The van der Waals surface area contributed by atoms with Gasteiger partial charge in [-0.1, -0.05) is 55.5 Å². The van der Waals surface area contributed by atoms with Crippen molar-refractivity contribution < 1.29 is 4.79 Å². The maximum absolute atomic E-state index is 12.5. The van der Waals surface area contributed by atoms with E-state index in [-0.39, 0.29) is 11.8 Å². The Hall–Kier alpha value is -2.88. The topological polar surface area (TPSA) is 46.9 Å². The molecule has 0 aliphatic rings. The lowest BCUT2D eigenvalue weighted by Gasteiger charge is -2.15. The smallest absolute Gasteiger partial charge is 0.227 e. The Bertz CT molecular complexity index is 796. The highest BCUT2D eigenvalue weighted by atomic mass is 16.1. The summed E-state index contributed by atoms with van der Waals surface area (Å²) in [4.78, 5) is 12.5. The molecule has 1 unspecified atom stereocenters. The average Bonchev–Trinajstić information content (AvgIpc) is 3.13. The zero-order valence-corrected chi connectivity index (χ0v) is 14.4. The minimum absolute atomic E-state index is 0.0872. The van der Waals surface area contributed by atoms with Crippen LogP contribution in [0.5, 0.6) is 0 Å². The first-order valence-corrected chi connectivity index (χ1v) is 8.69. The summed E-state index contributed by atoms with van der Waals surface area (Å²) in [6, 6.07) is 20.0. The average molecular weight is 333 g/mol. The summed E-state index contributed by atoms with van der Waals surface area (Å²) in [5, 5.41) is 7.44. The molecule has 4 heteroatoms. The molecule has 3 rings (SSSR count). The molecule has 0 fully saturated rings. The van der Waals surface area contributed by atoms with E-state index in [2.05, 4.69) is 10.4 Å². The summed E-state index contributed by atoms with van der Waals surface area (Å²) in [5.41, 5.74) is 3.21. The molecule has 4 nitrogen and oxygen atoms in total. The number of benzene rings is 2. The number of carbonyl (C=O) groups excluding carboxylic acids is 1. The maximum Gasteiger partial charge on any atom is 0.227 e. The summed E-state index contributed by atoms with van der Waals surface area (Å²) in [5.74, 6) is -0.00241. The van der Waals surface area contributed by atoms with Crippen LogP contribution in [-0.4, -0.2) is 22.2 Å². The second-order valence-electron chi connectivity index (χ2n) is 6.04. The van der Waals surface area contributed by atoms with Crippen molar-refractivity contribution in [3.63, 3.8) is 0 Å². The first-order chi connectivity index (χ1) is 12.3. The molecule has 1 amide bonds. The quantitative estimate of drug-likeness (QED) is 0.716. The van der Waals surface area contributed by atoms with Crippen molar-refractivity contribution in [1.29, 1.82) is 0 Å². The fraction of sp³-hybridized carbons (Fsp3) is 0.238. The Balaban J connectivity index is 1.54. The normalized spacial score (nSPS) is 11.9. The van der Waals surface area contributed by atoms with Gasteiger partial charge >= 0.3 is 0 Å². The van der Waals surface area contributed by atoms with Crippen LogP contribution in [-0.2, 0) is 11.2 Å². The first kappa shape index (κ1) is 17.0. The molecule has 1 heterocycles. The van der Waals surface area contributed by atoms with E-state index >= 15 is 0 Å². The van der Waals surface area contributed by atoms with Gasteiger partial charge in [-0.05, 0) is 36.1 Å². The number of para-hydroxylation sites is 1. The van der Waals surface area contributed by atoms with Gasteiger partial charge in [0.15, 0.2) is 0 Å². The van der Waals surface area contributed by atoms with Gasteiger partial charge < -0.3 is 5.32 Å². The van der Waals surface area contributed by atoms with Crippen LogP contribution in [0, 0.1) is 0 Å². The monoisotopic (exact) mass is 333 g/mol. The Kier molecular flexibility index (Phi) is 5.62. The van der Waals surface area contributed by atoms with Crippen LogP contribution >= 0.6 is 0 Å². The van der Waals surface area contributed by atoms with Crippen molar-refractivity contribution in [3.8, 4) is 5.69 Å². The SMILES string of the molecule is CCC(C(=O)NCCc1cnn(-c2ccccc2)c1)c1ccccc1. The van der Waals surface area contributed by atoms with Crippen LogP contribution in [0.4, 0.5) is 0 Å². The van der Waals surface area contributed by atoms with Crippen molar-refractivity contribution in [2.75, 3.05) is 6.54 Å². The number of amides is 1. The Morgan fingerprint density at radius 2 is 1.76 bits per heavy atom. The van der Waals surface area contributed by atoms with Crippen LogP contribution in [0.3, 0.4) is 0 Å². The lowest BCUT2D eigenvalue weighted by molar-refractivity contribution is -0.122. The lowest BCUT2D eigenvalue weighted by Crippen LogP contribution is -2.30. The van der Waals surface area contributed by atoms with Gasteiger partial charge in [-0.25, -0.2) is 4.68 Å². The minimum Gasteiger partial charge on any atom is -0.355 e. The molecule has 0 aliphatic carbocycles. The van der Waals surface area contributed by atoms with Crippen LogP contribution in [0.15, 0.2) is 73.1 Å². The third-order valence-electron chi connectivity index (χ3n) is 4.30. The minimum atomic E-state index is -0.0896. The van der Waals surface area contributed by atoms with Crippen LogP contribution in [0.25, 0.3) is 5.69 Å². The van der Waals surface area contributed by atoms with E-state index < -0.39 is 0 Å². The van der Waals surface area contributed by atoms with Gasteiger partial charge in [0, 0.05) is 12.7 Å². The highest BCUT2D eigenvalue weighted by Crippen LogP contribution is 2.19. The molecule has 0 saturated heterocycles. The van der Waals surface area contributed by atoms with E-state index in [4.69, 9.17) is 0 Å². The highest BCUT2D eigenvalue weighted by molar-refractivity contribution is 5.83. The van der Waals surface area contributed by atoms with Crippen molar-refractivity contribution in [3.05, 3.63) is 84.2 Å². The van der Waals surface area contributed by atoms with Gasteiger partial charge in [-0.3, -0.25) is 4.79 Å². The zero-order chi connectivity index (χ0) is 17.5. The summed E-state index contributed by atoms with van der Waals surface area (Å²) >= 11 is 0. The van der Waals surface area contributed by atoms with E-state index in [1.54, 1.807) is 0 Å². The van der Waals surface area contributed by atoms with Crippen LogP contribution in [0.1, 0.15) is 30.4 Å². The van der Waals surface area contributed by atoms with E-state index in [1.165, 1.54) is 0 Å². The molecule has 1 atom stereocenters. The van der Waals surface area contributed by atoms with Gasteiger partial charge in [-0.2, -0.15) is 5.10 Å². The van der Waals surface area contributed by atoms with E-state index in [0.29, 0.717) is 6.54 Å². The van der Waals surface area contributed by atoms with Gasteiger partial charge in [0.25, 0.3) is 0 Å². The van der Waals surface area contributed by atoms with Gasteiger partial charge in [0.05, 0.1) is 17.8 Å². The molecule has 0 aliphatic heterocycles. The number of nitrogens with one attached hydrogen (secondary N) is 1. The van der Waals surface area contributed by atoms with Gasteiger partial charge in [0.1, 0.15) is 0 Å². The Morgan fingerprint density at radius 3 is 2.44 bits per heavy atom. The van der Waals surface area contributed by atoms with Gasteiger partial charge in [-0.15, -0.1) is 0 Å². The highest BCUT2D eigenvalue weighted by Gasteiger charge is 2.17. The number of carbonyl (C=O) groups is 1. The van der Waals surface area contributed by atoms with E-state index in [9.17, 15) is 4.79 Å². The van der Waals surface area contributed by atoms with Crippen molar-refractivity contribution >= 4 is 5.91 Å². The molecule has 0 spiro atoms. The number of rotatable bonds is 7. The Labute approximate surface area is 148 Å². The van der Waals surface area contributed by atoms with Crippen LogP contribution in [0.2, 0.25) is 0 Å². The fourth-order valence-electron chi connectivity index (χ4n) is 2.92. The van der Waals surface area contributed by atoms with Crippen molar-refractivity contribution in [1.82, 2.24) is 15.1 Å². The molecule has 0 bridgehead atoms. The standard InChI is InChI=1S/C21H23N3O/c1-2-20(18-9-5-3-6-10-18)21(25)22-14-13-17-15-23-24(16-17)19-11-7-4-8-12-19/h3-12,15-16,20H,2,13-14H2,1H3,(H,22,25). The molecule has 0 radical (unpaired) electrons. The van der Waals surface area contributed by atoms with Crippen molar-refractivity contribution in [2.45, 2.75) is 25.7 Å². The van der Waals surface area contributed by atoms with E-state index in [0.717, 1.165) is 29.7 Å². The molecule has 2 aromatic carbocycles. The first-order valence-electron chi connectivity index (χ1n) is 8.69. The third kappa shape index (κ3) is 4.35.